The Kier molecular flexibility index (Phi) is 4.92. The Morgan fingerprint density at radius 1 is 1.16 bits per heavy atom. The second-order valence-electron chi connectivity index (χ2n) is 5.44. The maximum atomic E-state index is 4.38. The second kappa shape index (κ2) is 6.67. The Balaban J connectivity index is 2.15. The van der Waals surface area contributed by atoms with E-state index in [9.17, 15) is 0 Å². The molecule has 0 aliphatic rings. The molecule has 19 heavy (non-hydrogen) atoms. The van der Waals surface area contributed by atoms with Gasteiger partial charge in [-0.3, -0.25) is 4.98 Å². The fraction of sp³-hybridized carbons (Fsp3) is 0.471. The SMILES string of the molecule is CCCNC(C)CC(C)c1cncc2ccccc12. The third-order valence-electron chi connectivity index (χ3n) is 3.68. The fourth-order valence-electron chi connectivity index (χ4n) is 2.66. The molecule has 0 aliphatic carbocycles. The van der Waals surface area contributed by atoms with Crippen LogP contribution in [-0.2, 0) is 0 Å². The van der Waals surface area contributed by atoms with Gasteiger partial charge in [-0.1, -0.05) is 38.1 Å². The number of hydrogen-bond acceptors (Lipinski definition) is 2. The van der Waals surface area contributed by atoms with Crippen molar-refractivity contribution in [3.63, 3.8) is 0 Å². The predicted octanol–water partition coefficient (Wildman–Crippen LogP) is 4.12. The van der Waals surface area contributed by atoms with Crippen LogP contribution in [0.4, 0.5) is 0 Å². The average Bonchev–Trinajstić information content (AvgIpc) is 2.44. The van der Waals surface area contributed by atoms with Gasteiger partial charge in [0.05, 0.1) is 0 Å². The van der Waals surface area contributed by atoms with E-state index in [1.807, 2.05) is 12.4 Å². The van der Waals surface area contributed by atoms with E-state index in [1.165, 1.54) is 22.8 Å². The summed E-state index contributed by atoms with van der Waals surface area (Å²) in [6.45, 7) is 7.87. The van der Waals surface area contributed by atoms with Gasteiger partial charge in [0.15, 0.2) is 0 Å². The molecule has 102 valence electrons. The smallest absolute Gasteiger partial charge is 0.0346 e. The van der Waals surface area contributed by atoms with Gasteiger partial charge >= 0.3 is 0 Å². The molecule has 0 radical (unpaired) electrons. The number of fused-ring (bicyclic) bond motifs is 1. The monoisotopic (exact) mass is 256 g/mol. The molecule has 0 spiro atoms. The van der Waals surface area contributed by atoms with Crippen molar-refractivity contribution in [3.8, 4) is 0 Å². The van der Waals surface area contributed by atoms with E-state index in [4.69, 9.17) is 0 Å². The van der Waals surface area contributed by atoms with Crippen molar-refractivity contribution >= 4 is 10.8 Å². The van der Waals surface area contributed by atoms with Crippen LogP contribution in [0.5, 0.6) is 0 Å². The highest BCUT2D eigenvalue weighted by atomic mass is 14.9. The Morgan fingerprint density at radius 3 is 2.74 bits per heavy atom. The van der Waals surface area contributed by atoms with Crippen molar-refractivity contribution in [3.05, 3.63) is 42.2 Å². The summed E-state index contributed by atoms with van der Waals surface area (Å²) in [4.78, 5) is 4.38. The van der Waals surface area contributed by atoms with E-state index in [2.05, 4.69) is 55.3 Å². The highest BCUT2D eigenvalue weighted by Gasteiger charge is 2.13. The first kappa shape index (κ1) is 14.0. The van der Waals surface area contributed by atoms with Gasteiger partial charge in [0.2, 0.25) is 0 Å². The van der Waals surface area contributed by atoms with Crippen molar-refractivity contribution in [2.24, 2.45) is 0 Å². The van der Waals surface area contributed by atoms with E-state index in [1.54, 1.807) is 0 Å². The first-order valence-corrected chi connectivity index (χ1v) is 7.28. The average molecular weight is 256 g/mol. The van der Waals surface area contributed by atoms with Crippen LogP contribution in [0.1, 0.15) is 45.1 Å². The van der Waals surface area contributed by atoms with Gasteiger partial charge in [-0.05, 0) is 43.2 Å². The Labute approximate surface area is 116 Å². The van der Waals surface area contributed by atoms with Crippen LogP contribution in [0.2, 0.25) is 0 Å². The van der Waals surface area contributed by atoms with Gasteiger partial charge < -0.3 is 5.32 Å². The highest BCUT2D eigenvalue weighted by Crippen LogP contribution is 2.27. The highest BCUT2D eigenvalue weighted by molar-refractivity contribution is 5.85. The summed E-state index contributed by atoms with van der Waals surface area (Å²) >= 11 is 0. The van der Waals surface area contributed by atoms with E-state index in [-0.39, 0.29) is 0 Å². The molecule has 0 bridgehead atoms. The van der Waals surface area contributed by atoms with Crippen molar-refractivity contribution < 1.29 is 0 Å². The van der Waals surface area contributed by atoms with Crippen LogP contribution in [0.25, 0.3) is 10.8 Å². The van der Waals surface area contributed by atoms with E-state index in [0.29, 0.717) is 12.0 Å². The molecule has 2 aromatic rings. The normalized spacial score (nSPS) is 14.5. The van der Waals surface area contributed by atoms with Crippen molar-refractivity contribution in [1.82, 2.24) is 10.3 Å². The molecule has 2 atom stereocenters. The lowest BCUT2D eigenvalue weighted by atomic mass is 9.92. The Bertz CT molecular complexity index is 516. The largest absolute Gasteiger partial charge is 0.314 e. The summed E-state index contributed by atoms with van der Waals surface area (Å²) in [7, 11) is 0. The van der Waals surface area contributed by atoms with Gasteiger partial charge in [0, 0.05) is 23.8 Å². The fourth-order valence-corrected chi connectivity index (χ4v) is 2.66. The molecular formula is C17H24N2. The molecule has 1 N–H and O–H groups in total. The zero-order chi connectivity index (χ0) is 13.7. The van der Waals surface area contributed by atoms with E-state index in [0.717, 1.165) is 13.0 Å². The molecule has 2 rings (SSSR count). The topological polar surface area (TPSA) is 24.9 Å². The van der Waals surface area contributed by atoms with Crippen LogP contribution >= 0.6 is 0 Å². The number of hydrogen-bond donors (Lipinski definition) is 1. The molecular weight excluding hydrogens is 232 g/mol. The molecule has 2 unspecified atom stereocenters. The molecule has 2 heteroatoms. The standard InChI is InChI=1S/C17H24N2/c1-4-9-19-14(3)10-13(2)17-12-18-11-15-7-5-6-8-16(15)17/h5-8,11-14,19H,4,9-10H2,1-3H3. The van der Waals surface area contributed by atoms with Gasteiger partial charge in [-0.25, -0.2) is 0 Å². The van der Waals surface area contributed by atoms with Crippen molar-refractivity contribution in [2.45, 2.75) is 45.6 Å². The summed E-state index contributed by atoms with van der Waals surface area (Å²) < 4.78 is 0. The summed E-state index contributed by atoms with van der Waals surface area (Å²) in [6.07, 6.45) is 6.31. The van der Waals surface area contributed by atoms with E-state index < -0.39 is 0 Å². The first-order valence-electron chi connectivity index (χ1n) is 7.28. The zero-order valence-electron chi connectivity index (χ0n) is 12.2. The van der Waals surface area contributed by atoms with Crippen LogP contribution in [0.3, 0.4) is 0 Å². The second-order valence-corrected chi connectivity index (χ2v) is 5.44. The molecule has 1 heterocycles. The van der Waals surface area contributed by atoms with Crippen molar-refractivity contribution in [1.29, 1.82) is 0 Å². The third kappa shape index (κ3) is 3.54. The summed E-state index contributed by atoms with van der Waals surface area (Å²) in [6, 6.07) is 9.07. The number of aromatic nitrogens is 1. The molecule has 1 aromatic carbocycles. The predicted molar refractivity (Wildman–Crippen MR) is 82.5 cm³/mol. The van der Waals surface area contributed by atoms with Crippen LogP contribution in [0, 0.1) is 0 Å². The van der Waals surface area contributed by atoms with Gasteiger partial charge in [0.25, 0.3) is 0 Å². The van der Waals surface area contributed by atoms with Crippen LogP contribution in [0.15, 0.2) is 36.7 Å². The minimum atomic E-state index is 0.526. The minimum absolute atomic E-state index is 0.526. The Hall–Kier alpha value is -1.41. The molecule has 0 aliphatic heterocycles. The summed E-state index contributed by atoms with van der Waals surface area (Å²) in [5.41, 5.74) is 1.36. The van der Waals surface area contributed by atoms with E-state index >= 15 is 0 Å². The maximum Gasteiger partial charge on any atom is 0.0346 e. The summed E-state index contributed by atoms with van der Waals surface area (Å²) in [5.74, 6) is 0.526. The third-order valence-corrected chi connectivity index (χ3v) is 3.68. The Morgan fingerprint density at radius 2 is 1.95 bits per heavy atom. The minimum Gasteiger partial charge on any atom is -0.314 e. The molecule has 0 fully saturated rings. The van der Waals surface area contributed by atoms with Crippen molar-refractivity contribution in [2.75, 3.05) is 6.54 Å². The number of nitrogens with one attached hydrogen (secondary N) is 1. The molecule has 0 amide bonds. The first-order chi connectivity index (χ1) is 9.22. The number of pyridine rings is 1. The lowest BCUT2D eigenvalue weighted by Crippen LogP contribution is -2.28. The lowest BCUT2D eigenvalue weighted by Gasteiger charge is -2.19. The molecule has 1 aromatic heterocycles. The van der Waals surface area contributed by atoms with Crippen LogP contribution < -0.4 is 5.32 Å². The summed E-state index contributed by atoms with van der Waals surface area (Å²) in [5, 5.41) is 6.14. The maximum absolute atomic E-state index is 4.38. The van der Waals surface area contributed by atoms with Gasteiger partial charge in [0.1, 0.15) is 0 Å². The van der Waals surface area contributed by atoms with Crippen LogP contribution in [-0.4, -0.2) is 17.6 Å². The number of benzene rings is 1. The molecule has 2 nitrogen and oxygen atoms in total. The molecule has 0 saturated heterocycles. The number of rotatable bonds is 6. The molecule has 0 saturated carbocycles. The number of nitrogens with zero attached hydrogens (tertiary/aromatic N) is 1. The van der Waals surface area contributed by atoms with Gasteiger partial charge in [-0.2, -0.15) is 0 Å². The zero-order valence-corrected chi connectivity index (χ0v) is 12.2. The van der Waals surface area contributed by atoms with Gasteiger partial charge in [-0.15, -0.1) is 0 Å². The lowest BCUT2D eigenvalue weighted by molar-refractivity contribution is 0.480. The quantitative estimate of drug-likeness (QED) is 0.841.